The molecule has 0 saturated carbocycles. The minimum atomic E-state index is 0.288. The van der Waals surface area contributed by atoms with Gasteiger partial charge in [0.05, 0.1) is 22.0 Å². The van der Waals surface area contributed by atoms with Crippen LogP contribution in [0.15, 0.2) is 15.9 Å². The van der Waals surface area contributed by atoms with Crippen LogP contribution in [0, 0.1) is 0 Å². The van der Waals surface area contributed by atoms with Crippen LogP contribution in [-0.4, -0.2) is 36.7 Å². The average molecular weight is 319 g/mol. The van der Waals surface area contributed by atoms with Gasteiger partial charge in [-0.2, -0.15) is 0 Å². The smallest absolute Gasteiger partial charge is 0.0702 e. The van der Waals surface area contributed by atoms with Crippen LogP contribution < -0.4 is 5.73 Å². The van der Waals surface area contributed by atoms with Gasteiger partial charge < -0.3 is 10.5 Å². The molecule has 3 nitrogen and oxygen atoms in total. The molecule has 1 unspecified atom stereocenters. The minimum absolute atomic E-state index is 0.288. The first-order valence-corrected chi connectivity index (χ1v) is 7.56. The maximum atomic E-state index is 5.94. The van der Waals surface area contributed by atoms with E-state index in [1.54, 1.807) is 11.3 Å². The molecule has 1 fully saturated rings. The molecule has 1 saturated heterocycles. The van der Waals surface area contributed by atoms with Gasteiger partial charge in [0, 0.05) is 24.5 Å². The summed E-state index contributed by atoms with van der Waals surface area (Å²) in [5.74, 6) is 0. The van der Waals surface area contributed by atoms with Crippen molar-refractivity contribution >= 4 is 27.3 Å². The van der Waals surface area contributed by atoms with Crippen LogP contribution in [0.2, 0.25) is 0 Å². The van der Waals surface area contributed by atoms with Crippen LogP contribution in [0.3, 0.4) is 0 Å². The van der Waals surface area contributed by atoms with Crippen molar-refractivity contribution in [2.45, 2.75) is 32.1 Å². The van der Waals surface area contributed by atoms with Crippen LogP contribution in [0.25, 0.3) is 0 Å². The van der Waals surface area contributed by atoms with Crippen molar-refractivity contribution in [2.24, 2.45) is 5.73 Å². The molecule has 0 amide bonds. The molecule has 0 bridgehead atoms. The third-order valence-corrected chi connectivity index (χ3v) is 4.76. The monoisotopic (exact) mass is 318 g/mol. The molecule has 1 aromatic rings. The van der Waals surface area contributed by atoms with E-state index in [2.05, 4.69) is 46.8 Å². The Hall–Kier alpha value is 0.0600. The van der Waals surface area contributed by atoms with Crippen molar-refractivity contribution in [3.63, 3.8) is 0 Å². The Morgan fingerprint density at radius 1 is 1.47 bits per heavy atom. The lowest BCUT2D eigenvalue weighted by atomic mass is 10.1. The molecule has 2 N–H and O–H groups in total. The maximum Gasteiger partial charge on any atom is 0.0702 e. The summed E-state index contributed by atoms with van der Waals surface area (Å²) in [7, 11) is 0. The molecule has 0 radical (unpaired) electrons. The van der Waals surface area contributed by atoms with Gasteiger partial charge in [-0.05, 0) is 41.9 Å². The predicted molar refractivity (Wildman–Crippen MR) is 75.4 cm³/mol. The molecular formula is C12H19BrN2OS. The summed E-state index contributed by atoms with van der Waals surface area (Å²) < 4.78 is 6.93. The zero-order valence-electron chi connectivity index (χ0n) is 10.2. The number of nitrogens with zero attached hydrogens (tertiary/aromatic N) is 1. The summed E-state index contributed by atoms with van der Waals surface area (Å²) in [5.41, 5.74) is 5.94. The summed E-state index contributed by atoms with van der Waals surface area (Å²) in [5, 5.41) is 0. The van der Waals surface area contributed by atoms with E-state index in [1.807, 2.05) is 0 Å². The summed E-state index contributed by atoms with van der Waals surface area (Å²) in [6, 6.07) is 4.58. The molecule has 17 heavy (non-hydrogen) atoms. The normalized spacial score (nSPS) is 28.2. The molecule has 5 heteroatoms. The zero-order chi connectivity index (χ0) is 12.4. The van der Waals surface area contributed by atoms with Crippen molar-refractivity contribution in [1.82, 2.24) is 4.90 Å². The second-order valence-corrected chi connectivity index (χ2v) is 7.10. The van der Waals surface area contributed by atoms with Gasteiger partial charge in [-0.25, -0.2) is 0 Å². The Labute approximate surface area is 115 Å². The number of thiophene rings is 1. The lowest BCUT2D eigenvalue weighted by Crippen LogP contribution is -2.48. The predicted octanol–water partition coefficient (Wildman–Crippen LogP) is 2.62. The molecule has 0 spiro atoms. The lowest BCUT2D eigenvalue weighted by molar-refractivity contribution is -0.0795. The molecular weight excluding hydrogens is 300 g/mol. The largest absolute Gasteiger partial charge is 0.373 e. The standard InChI is InChI=1S/C12H19BrN2OS/c1-8-6-15(7-9(2)16-8)10(5-14)11-3-4-12(13)17-11/h3-4,8-10H,5-7,14H2,1-2H3/t8-,9+,10?. The van der Waals surface area contributed by atoms with E-state index in [-0.39, 0.29) is 12.2 Å². The summed E-state index contributed by atoms with van der Waals surface area (Å²) in [4.78, 5) is 3.78. The number of morpholine rings is 1. The van der Waals surface area contributed by atoms with Crippen LogP contribution >= 0.6 is 27.3 Å². The average Bonchev–Trinajstić information content (AvgIpc) is 2.64. The molecule has 0 aromatic carbocycles. The molecule has 1 aliphatic heterocycles. The van der Waals surface area contributed by atoms with E-state index in [1.165, 1.54) is 8.66 Å². The van der Waals surface area contributed by atoms with Crippen LogP contribution in [-0.2, 0) is 4.74 Å². The van der Waals surface area contributed by atoms with Crippen molar-refractivity contribution in [1.29, 1.82) is 0 Å². The maximum absolute atomic E-state index is 5.94. The van der Waals surface area contributed by atoms with Gasteiger partial charge >= 0.3 is 0 Å². The molecule has 0 aliphatic carbocycles. The van der Waals surface area contributed by atoms with Gasteiger partial charge in [-0.15, -0.1) is 11.3 Å². The first kappa shape index (κ1) is 13.5. The van der Waals surface area contributed by atoms with Gasteiger partial charge in [0.1, 0.15) is 0 Å². The number of rotatable bonds is 3. The topological polar surface area (TPSA) is 38.5 Å². The molecule has 3 atom stereocenters. The lowest BCUT2D eigenvalue weighted by Gasteiger charge is -2.39. The summed E-state index contributed by atoms with van der Waals surface area (Å²) in [6.45, 7) is 6.83. The Morgan fingerprint density at radius 3 is 2.59 bits per heavy atom. The SMILES string of the molecule is C[C@@H]1CN(C(CN)c2ccc(Br)s2)C[C@H](C)O1. The first-order chi connectivity index (χ1) is 8.10. The molecule has 2 heterocycles. The second kappa shape index (κ2) is 5.80. The van der Waals surface area contributed by atoms with Crippen molar-refractivity contribution in [2.75, 3.05) is 19.6 Å². The Kier molecular flexibility index (Phi) is 4.60. The number of hydrogen-bond donors (Lipinski definition) is 1. The number of nitrogens with two attached hydrogens (primary N) is 1. The highest BCUT2D eigenvalue weighted by Crippen LogP contribution is 2.31. The van der Waals surface area contributed by atoms with Crippen LogP contribution in [0.5, 0.6) is 0 Å². The first-order valence-electron chi connectivity index (χ1n) is 5.95. The third-order valence-electron chi connectivity index (χ3n) is 3.03. The van der Waals surface area contributed by atoms with Gasteiger partial charge in [-0.1, -0.05) is 0 Å². The van der Waals surface area contributed by atoms with Gasteiger partial charge in [0.2, 0.25) is 0 Å². The highest BCUT2D eigenvalue weighted by Gasteiger charge is 2.28. The van der Waals surface area contributed by atoms with E-state index in [0.717, 1.165) is 13.1 Å². The zero-order valence-corrected chi connectivity index (χ0v) is 12.6. The molecule has 2 rings (SSSR count). The Bertz CT molecular complexity index is 361. The fourth-order valence-electron chi connectivity index (χ4n) is 2.42. The molecule has 1 aliphatic rings. The second-order valence-electron chi connectivity index (χ2n) is 4.60. The van der Waals surface area contributed by atoms with Gasteiger partial charge in [0.15, 0.2) is 0 Å². The Morgan fingerprint density at radius 2 is 2.12 bits per heavy atom. The minimum Gasteiger partial charge on any atom is -0.373 e. The van der Waals surface area contributed by atoms with Crippen LogP contribution in [0.4, 0.5) is 0 Å². The third kappa shape index (κ3) is 3.29. The van der Waals surface area contributed by atoms with Crippen LogP contribution in [0.1, 0.15) is 24.8 Å². The van der Waals surface area contributed by atoms with Crippen molar-refractivity contribution in [3.05, 3.63) is 20.8 Å². The van der Waals surface area contributed by atoms with E-state index in [9.17, 15) is 0 Å². The van der Waals surface area contributed by atoms with E-state index in [0.29, 0.717) is 12.6 Å². The van der Waals surface area contributed by atoms with Gasteiger partial charge in [0.25, 0.3) is 0 Å². The van der Waals surface area contributed by atoms with E-state index < -0.39 is 0 Å². The summed E-state index contributed by atoms with van der Waals surface area (Å²) >= 11 is 5.28. The highest BCUT2D eigenvalue weighted by molar-refractivity contribution is 9.11. The Balaban J connectivity index is 2.12. The quantitative estimate of drug-likeness (QED) is 0.931. The summed E-state index contributed by atoms with van der Waals surface area (Å²) in [6.07, 6.45) is 0.576. The van der Waals surface area contributed by atoms with E-state index in [4.69, 9.17) is 10.5 Å². The van der Waals surface area contributed by atoms with Crippen molar-refractivity contribution < 1.29 is 4.74 Å². The number of halogens is 1. The fourth-order valence-corrected chi connectivity index (χ4v) is 4.00. The molecule has 96 valence electrons. The molecule has 1 aromatic heterocycles. The van der Waals surface area contributed by atoms with Crippen molar-refractivity contribution in [3.8, 4) is 0 Å². The number of ether oxygens (including phenoxy) is 1. The highest BCUT2D eigenvalue weighted by atomic mass is 79.9. The van der Waals surface area contributed by atoms with Gasteiger partial charge in [-0.3, -0.25) is 4.90 Å². The fraction of sp³-hybridized carbons (Fsp3) is 0.667. The van der Waals surface area contributed by atoms with E-state index >= 15 is 0 Å². The number of hydrogen-bond acceptors (Lipinski definition) is 4.